The minimum Gasteiger partial charge on any atom is -0.399 e. The number of anilines is 2. The van der Waals surface area contributed by atoms with Crippen LogP contribution in [-0.4, -0.2) is 10.9 Å². The van der Waals surface area contributed by atoms with Gasteiger partial charge in [-0.25, -0.2) is 4.98 Å². The molecule has 2 aromatic rings. The van der Waals surface area contributed by atoms with Gasteiger partial charge < -0.3 is 16.8 Å². The van der Waals surface area contributed by atoms with Gasteiger partial charge in [0.05, 0.1) is 22.3 Å². The first kappa shape index (κ1) is 14.6. The lowest BCUT2D eigenvalue weighted by atomic mass is 10.1. The number of nitrogens with zero attached hydrogens (tertiary/aromatic N) is 1. The highest BCUT2D eigenvalue weighted by atomic mass is 35.5. The van der Waals surface area contributed by atoms with E-state index in [9.17, 15) is 4.79 Å². The molecule has 106 valence electrons. The number of halogens is 1. The van der Waals surface area contributed by atoms with Crippen LogP contribution in [0.3, 0.4) is 0 Å². The van der Waals surface area contributed by atoms with Gasteiger partial charge in [0.25, 0.3) is 5.91 Å². The number of primary amides is 1. The Bertz CT molecular complexity index is 615. The van der Waals surface area contributed by atoms with Gasteiger partial charge in [0.15, 0.2) is 0 Å². The van der Waals surface area contributed by atoms with Gasteiger partial charge in [0, 0.05) is 17.3 Å². The summed E-state index contributed by atoms with van der Waals surface area (Å²) in [4.78, 5) is 15.8. The summed E-state index contributed by atoms with van der Waals surface area (Å²) in [5, 5.41) is 6.43. The largest absolute Gasteiger partial charge is 0.399 e. The molecule has 20 heavy (non-hydrogen) atoms. The number of carbonyl (C=O) groups is 1. The van der Waals surface area contributed by atoms with Crippen molar-refractivity contribution in [2.24, 2.45) is 5.73 Å². The number of nitrogens with one attached hydrogen (secondary N) is 1. The zero-order chi connectivity index (χ0) is 14.7. The molecule has 0 bridgehead atoms. The monoisotopic (exact) mass is 310 g/mol. The second kappa shape index (κ2) is 6.11. The van der Waals surface area contributed by atoms with Gasteiger partial charge in [-0.1, -0.05) is 18.5 Å². The van der Waals surface area contributed by atoms with Crippen LogP contribution in [0.1, 0.15) is 34.8 Å². The second-order valence-electron chi connectivity index (χ2n) is 4.27. The van der Waals surface area contributed by atoms with Crippen LogP contribution >= 0.6 is 22.9 Å². The highest BCUT2D eigenvalue weighted by Crippen LogP contribution is 2.33. The third-order valence-electron chi connectivity index (χ3n) is 2.85. The first-order chi connectivity index (χ1) is 9.52. The Morgan fingerprint density at radius 2 is 2.30 bits per heavy atom. The van der Waals surface area contributed by atoms with Crippen LogP contribution in [0.25, 0.3) is 0 Å². The van der Waals surface area contributed by atoms with Crippen LogP contribution in [0.5, 0.6) is 0 Å². The third-order valence-corrected chi connectivity index (χ3v) is 4.04. The number of rotatable bonds is 5. The number of thiazole rings is 1. The van der Waals surface area contributed by atoms with Crippen molar-refractivity contribution in [1.29, 1.82) is 0 Å². The number of benzene rings is 1. The van der Waals surface area contributed by atoms with Gasteiger partial charge in [0.1, 0.15) is 5.01 Å². The van der Waals surface area contributed by atoms with Gasteiger partial charge in [-0.2, -0.15) is 0 Å². The smallest absolute Gasteiger partial charge is 0.250 e. The summed E-state index contributed by atoms with van der Waals surface area (Å²) in [6.45, 7) is 2.02. The summed E-state index contributed by atoms with van der Waals surface area (Å²) in [7, 11) is 0. The Morgan fingerprint density at radius 3 is 2.85 bits per heavy atom. The Hall–Kier alpha value is -1.79. The van der Waals surface area contributed by atoms with Crippen LogP contribution in [0.2, 0.25) is 5.02 Å². The summed E-state index contributed by atoms with van der Waals surface area (Å²) in [5.74, 6) is -0.573. The van der Waals surface area contributed by atoms with Crippen molar-refractivity contribution in [2.75, 3.05) is 11.1 Å². The molecule has 0 saturated carbocycles. The molecule has 7 heteroatoms. The molecule has 5 N–H and O–H groups in total. The molecular weight excluding hydrogens is 296 g/mol. The minimum atomic E-state index is -0.573. The van der Waals surface area contributed by atoms with E-state index < -0.39 is 5.91 Å². The van der Waals surface area contributed by atoms with Crippen LogP contribution in [0.15, 0.2) is 23.7 Å². The highest BCUT2D eigenvalue weighted by Gasteiger charge is 2.18. The maximum Gasteiger partial charge on any atom is 0.250 e. The van der Waals surface area contributed by atoms with E-state index in [0.717, 1.165) is 11.4 Å². The molecule has 0 spiro atoms. The van der Waals surface area contributed by atoms with E-state index in [1.807, 2.05) is 12.3 Å². The Balaban J connectivity index is 2.39. The SMILES string of the molecule is CCC(Nc1c(Cl)cc(N)cc1C(N)=O)c1nccs1. The molecule has 0 fully saturated rings. The molecule has 0 aliphatic rings. The number of carbonyl (C=O) groups excluding carboxylic acids is 1. The molecule has 0 radical (unpaired) electrons. The van der Waals surface area contributed by atoms with Crippen molar-refractivity contribution in [3.63, 3.8) is 0 Å². The molecule has 1 amide bonds. The lowest BCUT2D eigenvalue weighted by Gasteiger charge is -2.19. The van der Waals surface area contributed by atoms with Crippen molar-refractivity contribution in [1.82, 2.24) is 4.98 Å². The number of nitrogen functional groups attached to an aromatic ring is 1. The van der Waals surface area contributed by atoms with Crippen molar-refractivity contribution >= 4 is 40.2 Å². The number of hydrogen-bond donors (Lipinski definition) is 3. The van der Waals surface area contributed by atoms with E-state index in [-0.39, 0.29) is 11.6 Å². The fourth-order valence-electron chi connectivity index (χ4n) is 1.89. The Kier molecular flexibility index (Phi) is 4.46. The Labute approximate surface area is 126 Å². The van der Waals surface area contributed by atoms with Crippen molar-refractivity contribution in [3.05, 3.63) is 39.3 Å². The molecular formula is C13H15ClN4OS. The fourth-order valence-corrected chi connectivity index (χ4v) is 2.94. The average molecular weight is 311 g/mol. The second-order valence-corrected chi connectivity index (χ2v) is 5.60. The van der Waals surface area contributed by atoms with Gasteiger partial charge >= 0.3 is 0 Å². The lowest BCUT2D eigenvalue weighted by molar-refractivity contribution is 0.100. The molecule has 0 aliphatic heterocycles. The van der Waals surface area contributed by atoms with Crippen LogP contribution < -0.4 is 16.8 Å². The molecule has 1 unspecified atom stereocenters. The average Bonchev–Trinajstić information content (AvgIpc) is 2.90. The third kappa shape index (κ3) is 3.02. The summed E-state index contributed by atoms with van der Waals surface area (Å²) in [6.07, 6.45) is 2.54. The maximum atomic E-state index is 11.5. The maximum absolute atomic E-state index is 11.5. The van der Waals surface area contributed by atoms with Gasteiger partial charge in [-0.3, -0.25) is 4.79 Å². The van der Waals surface area contributed by atoms with Gasteiger partial charge in [-0.15, -0.1) is 11.3 Å². The van der Waals surface area contributed by atoms with E-state index in [2.05, 4.69) is 10.3 Å². The normalized spacial score (nSPS) is 12.1. The molecule has 0 aliphatic carbocycles. The van der Waals surface area contributed by atoms with E-state index in [0.29, 0.717) is 16.4 Å². The Morgan fingerprint density at radius 1 is 1.55 bits per heavy atom. The van der Waals surface area contributed by atoms with Crippen LogP contribution in [-0.2, 0) is 0 Å². The number of aromatic nitrogens is 1. The molecule has 5 nitrogen and oxygen atoms in total. The topological polar surface area (TPSA) is 94.0 Å². The van der Waals surface area contributed by atoms with Crippen LogP contribution in [0.4, 0.5) is 11.4 Å². The van der Waals surface area contributed by atoms with Gasteiger partial charge in [-0.05, 0) is 18.6 Å². The quantitative estimate of drug-likeness (QED) is 0.740. The molecule has 2 rings (SSSR count). The van der Waals surface area contributed by atoms with Crippen molar-refractivity contribution in [3.8, 4) is 0 Å². The zero-order valence-electron chi connectivity index (χ0n) is 10.9. The number of hydrogen-bond acceptors (Lipinski definition) is 5. The summed E-state index contributed by atoms with van der Waals surface area (Å²) in [6, 6.07) is 3.07. The number of nitrogens with two attached hydrogens (primary N) is 2. The standard InChI is InChI=1S/C13H15ClN4OS/c1-2-10(13-17-3-4-20-13)18-11-8(12(16)19)5-7(15)6-9(11)14/h3-6,10,18H,2,15H2,1H3,(H2,16,19). The highest BCUT2D eigenvalue weighted by molar-refractivity contribution is 7.09. The first-order valence-electron chi connectivity index (χ1n) is 6.07. The number of amides is 1. The van der Waals surface area contributed by atoms with Crippen LogP contribution in [0, 0.1) is 0 Å². The molecule has 0 saturated heterocycles. The van der Waals surface area contributed by atoms with Crippen molar-refractivity contribution < 1.29 is 4.79 Å². The van der Waals surface area contributed by atoms with E-state index in [4.69, 9.17) is 23.1 Å². The summed E-state index contributed by atoms with van der Waals surface area (Å²) < 4.78 is 0. The zero-order valence-corrected chi connectivity index (χ0v) is 12.5. The minimum absolute atomic E-state index is 0.0331. The first-order valence-corrected chi connectivity index (χ1v) is 7.33. The predicted molar refractivity (Wildman–Crippen MR) is 83.2 cm³/mol. The van der Waals surface area contributed by atoms with Gasteiger partial charge in [0.2, 0.25) is 0 Å². The molecule has 1 atom stereocenters. The molecule has 1 aromatic carbocycles. The van der Waals surface area contributed by atoms with E-state index >= 15 is 0 Å². The fraction of sp³-hybridized carbons (Fsp3) is 0.231. The van der Waals surface area contributed by atoms with E-state index in [1.54, 1.807) is 23.6 Å². The predicted octanol–water partition coefficient (Wildman–Crippen LogP) is 3.04. The summed E-state index contributed by atoms with van der Waals surface area (Å²) >= 11 is 7.71. The molecule has 1 aromatic heterocycles. The van der Waals surface area contributed by atoms with E-state index in [1.165, 1.54) is 6.07 Å². The summed E-state index contributed by atoms with van der Waals surface area (Å²) in [5.41, 5.74) is 12.3. The molecule has 1 heterocycles. The lowest BCUT2D eigenvalue weighted by Crippen LogP contribution is -2.17. The van der Waals surface area contributed by atoms with Crippen molar-refractivity contribution in [2.45, 2.75) is 19.4 Å².